The number of halogens is 5. The molecule has 2 saturated carbocycles. The van der Waals surface area contributed by atoms with Crippen LogP contribution < -0.4 is 0 Å². The van der Waals surface area contributed by atoms with E-state index in [2.05, 4.69) is 4.90 Å². The van der Waals surface area contributed by atoms with Gasteiger partial charge in [0.25, 0.3) is 0 Å². The summed E-state index contributed by atoms with van der Waals surface area (Å²) < 4.78 is 71.7. The van der Waals surface area contributed by atoms with Gasteiger partial charge in [0.15, 0.2) is 5.78 Å². The number of hydrogen-bond donors (Lipinski definition) is 2. The van der Waals surface area contributed by atoms with E-state index in [1.165, 1.54) is 11.8 Å². The van der Waals surface area contributed by atoms with Crippen LogP contribution in [0.3, 0.4) is 0 Å². The first-order valence-corrected chi connectivity index (χ1v) is 15.1. The molecule has 1 aliphatic heterocycles. The molecule has 1 amide bonds. The molecule has 4 aliphatic carbocycles. The van der Waals surface area contributed by atoms with Crippen LogP contribution in [0, 0.1) is 17.3 Å². The van der Waals surface area contributed by atoms with E-state index in [0.29, 0.717) is 58.4 Å². The monoisotopic (exact) mass is 608 g/mol. The van der Waals surface area contributed by atoms with Crippen molar-refractivity contribution in [2.24, 2.45) is 17.3 Å². The summed E-state index contributed by atoms with van der Waals surface area (Å²) in [5.41, 5.74) is -0.0920. The Bertz CT molecular complexity index is 1360. The van der Waals surface area contributed by atoms with Crippen LogP contribution in [-0.2, 0) is 11.3 Å². The Morgan fingerprint density at radius 3 is 2.30 bits per heavy atom. The van der Waals surface area contributed by atoms with Gasteiger partial charge in [0.1, 0.15) is 5.60 Å². The van der Waals surface area contributed by atoms with Gasteiger partial charge in [0.2, 0.25) is 0 Å². The average Bonchev–Trinajstić information content (AvgIpc) is 3.24. The second kappa shape index (κ2) is 10.4. The number of amides is 1. The lowest BCUT2D eigenvalue weighted by molar-refractivity contribution is -0.362. The molecule has 5 aliphatic rings. The highest BCUT2D eigenvalue weighted by Crippen LogP contribution is 2.70. The van der Waals surface area contributed by atoms with E-state index in [-0.39, 0.29) is 24.5 Å². The van der Waals surface area contributed by atoms with Crippen LogP contribution in [0.25, 0.3) is 0 Å². The van der Waals surface area contributed by atoms with Crippen molar-refractivity contribution in [2.75, 3.05) is 26.2 Å². The Hall–Kier alpha value is -2.79. The molecule has 0 radical (unpaired) electrons. The maximum atomic E-state index is 15.2. The molecule has 0 aromatic heterocycles. The number of carbonyl (C=O) groups excluding carboxylic acids is 1. The van der Waals surface area contributed by atoms with E-state index in [1.807, 2.05) is 24.3 Å². The molecule has 3 fully saturated rings. The van der Waals surface area contributed by atoms with Crippen LogP contribution in [0.1, 0.15) is 68.9 Å². The van der Waals surface area contributed by atoms with Gasteiger partial charge in [-0.2, -0.15) is 22.0 Å². The number of alkyl halides is 5. The van der Waals surface area contributed by atoms with Crippen LogP contribution >= 0.6 is 0 Å². The SMILES string of the molecule is C[C@]12C[C@H](c3ccc(CN4CCN(C(=O)O)CC4)cc3)C3=C4CCC(=O)C=C4CCC3C1CC[C@]2(O)C(F)(F)C(F)(F)F. The summed E-state index contributed by atoms with van der Waals surface area (Å²) in [6.07, 6.45) is -3.76. The lowest BCUT2D eigenvalue weighted by Gasteiger charge is -2.56. The number of allylic oxidation sites excluding steroid dienone is 4. The summed E-state index contributed by atoms with van der Waals surface area (Å²) in [5.74, 6) is -6.48. The van der Waals surface area contributed by atoms with Crippen LogP contribution in [0.15, 0.2) is 47.1 Å². The van der Waals surface area contributed by atoms with E-state index in [1.54, 1.807) is 6.08 Å². The van der Waals surface area contributed by atoms with Crippen molar-refractivity contribution in [1.82, 2.24) is 9.80 Å². The molecule has 0 spiro atoms. The van der Waals surface area contributed by atoms with E-state index >= 15 is 8.78 Å². The smallest absolute Gasteiger partial charge is 0.456 e. The molecule has 1 aromatic rings. The van der Waals surface area contributed by atoms with Crippen molar-refractivity contribution in [3.8, 4) is 0 Å². The minimum atomic E-state index is -5.88. The van der Waals surface area contributed by atoms with Gasteiger partial charge in [0.05, 0.1) is 0 Å². The summed E-state index contributed by atoms with van der Waals surface area (Å²) in [5, 5.41) is 20.6. The molecule has 6 nitrogen and oxygen atoms in total. The zero-order valence-electron chi connectivity index (χ0n) is 24.1. The molecule has 2 N–H and O–H groups in total. The predicted molar refractivity (Wildman–Crippen MR) is 148 cm³/mol. The predicted octanol–water partition coefficient (Wildman–Crippen LogP) is 6.31. The van der Waals surface area contributed by atoms with Crippen LogP contribution in [0.5, 0.6) is 0 Å². The van der Waals surface area contributed by atoms with Gasteiger partial charge in [-0.25, -0.2) is 4.79 Å². The maximum absolute atomic E-state index is 15.2. The lowest BCUT2D eigenvalue weighted by atomic mass is 9.50. The summed E-state index contributed by atoms with van der Waals surface area (Å²) in [4.78, 5) is 27.0. The van der Waals surface area contributed by atoms with Gasteiger partial charge in [-0.05, 0) is 78.7 Å². The number of carbonyl (C=O) groups is 2. The van der Waals surface area contributed by atoms with Gasteiger partial charge in [0, 0.05) is 50.5 Å². The fourth-order valence-corrected chi connectivity index (χ4v) is 8.93. The molecule has 5 atom stereocenters. The Kier molecular flexibility index (Phi) is 7.31. The van der Waals surface area contributed by atoms with Gasteiger partial charge >= 0.3 is 18.2 Å². The highest BCUT2D eigenvalue weighted by molar-refractivity contribution is 5.93. The van der Waals surface area contributed by atoms with E-state index < -0.39 is 47.5 Å². The molecular weight excluding hydrogens is 571 g/mol. The largest absolute Gasteiger partial charge is 0.465 e. The number of aliphatic hydroxyl groups is 1. The minimum Gasteiger partial charge on any atom is -0.465 e. The average molecular weight is 609 g/mol. The Labute approximate surface area is 247 Å². The molecule has 1 aromatic carbocycles. The second-order valence-electron chi connectivity index (χ2n) is 13.3. The Morgan fingerprint density at radius 1 is 1.00 bits per heavy atom. The number of ketones is 1. The van der Waals surface area contributed by atoms with Crippen molar-refractivity contribution in [1.29, 1.82) is 0 Å². The molecule has 6 rings (SSSR count). The summed E-state index contributed by atoms with van der Waals surface area (Å²) in [6, 6.07) is 7.68. The van der Waals surface area contributed by atoms with Crippen molar-refractivity contribution in [2.45, 2.75) is 82.0 Å². The second-order valence-corrected chi connectivity index (χ2v) is 13.3. The zero-order chi connectivity index (χ0) is 30.9. The van der Waals surface area contributed by atoms with Crippen molar-refractivity contribution in [3.63, 3.8) is 0 Å². The zero-order valence-corrected chi connectivity index (χ0v) is 24.1. The number of fused-ring (bicyclic) bond motifs is 4. The maximum Gasteiger partial charge on any atom is 0.456 e. The number of nitrogens with zero attached hydrogens (tertiary/aromatic N) is 2. The number of piperazine rings is 1. The van der Waals surface area contributed by atoms with Crippen molar-refractivity contribution >= 4 is 11.9 Å². The molecular formula is C32H37F5N2O4. The highest BCUT2D eigenvalue weighted by atomic mass is 19.4. The molecule has 43 heavy (non-hydrogen) atoms. The Morgan fingerprint density at radius 2 is 1.67 bits per heavy atom. The summed E-state index contributed by atoms with van der Waals surface area (Å²) in [6.45, 7) is 4.04. The number of hydrogen-bond acceptors (Lipinski definition) is 4. The first-order chi connectivity index (χ1) is 20.2. The number of rotatable bonds is 4. The lowest BCUT2D eigenvalue weighted by Crippen LogP contribution is -2.65. The third kappa shape index (κ3) is 4.72. The molecule has 1 saturated heterocycles. The summed E-state index contributed by atoms with van der Waals surface area (Å²) >= 11 is 0. The molecule has 2 unspecified atom stereocenters. The number of benzene rings is 1. The topological polar surface area (TPSA) is 81.1 Å². The molecule has 1 heterocycles. The quantitative estimate of drug-likeness (QED) is 0.392. The molecule has 234 valence electrons. The highest BCUT2D eigenvalue weighted by Gasteiger charge is 2.79. The minimum absolute atomic E-state index is 0.0450. The fraction of sp³-hybridized carbons (Fsp3) is 0.625. The van der Waals surface area contributed by atoms with E-state index in [4.69, 9.17) is 0 Å². The van der Waals surface area contributed by atoms with E-state index in [9.17, 15) is 33.0 Å². The van der Waals surface area contributed by atoms with E-state index in [0.717, 1.165) is 27.8 Å². The summed E-state index contributed by atoms with van der Waals surface area (Å²) in [7, 11) is 0. The first-order valence-electron chi connectivity index (χ1n) is 15.1. The van der Waals surface area contributed by atoms with Gasteiger partial charge in [-0.1, -0.05) is 36.8 Å². The third-order valence-electron chi connectivity index (χ3n) is 11.2. The number of carboxylic acid groups (broad SMARTS) is 1. The van der Waals surface area contributed by atoms with Crippen LogP contribution in [-0.4, -0.2) is 75.8 Å². The van der Waals surface area contributed by atoms with Crippen LogP contribution in [0.4, 0.5) is 26.7 Å². The van der Waals surface area contributed by atoms with Gasteiger partial charge in [-0.15, -0.1) is 0 Å². The van der Waals surface area contributed by atoms with Gasteiger partial charge in [-0.3, -0.25) is 9.69 Å². The van der Waals surface area contributed by atoms with Crippen LogP contribution in [0.2, 0.25) is 0 Å². The normalized spacial score (nSPS) is 33.6. The fourth-order valence-electron chi connectivity index (χ4n) is 8.93. The Balaban J connectivity index is 1.36. The first kappa shape index (κ1) is 30.2. The van der Waals surface area contributed by atoms with Crippen molar-refractivity contribution < 1.29 is 41.8 Å². The molecule has 0 bridgehead atoms. The standard InChI is InChI=1S/C32H37F5N2O4/c1-29-17-25(20-4-2-19(3-5-20)18-38-12-14-39(15-13-38)28(41)42)27-23-9-7-22(40)16-21(23)6-8-24(27)26(29)10-11-30(29,43)31(33,34)32(35,36)37/h2-5,16,24-26,43H,6-15,17-18H2,1H3,(H,41,42)/t24?,25-,26?,29+,30-/m1/s1. The van der Waals surface area contributed by atoms with Crippen molar-refractivity contribution in [3.05, 3.63) is 58.2 Å². The molecule has 11 heteroatoms. The third-order valence-corrected chi connectivity index (χ3v) is 11.2. The van der Waals surface area contributed by atoms with Gasteiger partial charge < -0.3 is 15.1 Å².